The number of hydrogen-bond acceptors (Lipinski definition) is 2. The fourth-order valence-electron chi connectivity index (χ4n) is 10.3. The van der Waals surface area contributed by atoms with Gasteiger partial charge in [-0.1, -0.05) is 158 Å². The van der Waals surface area contributed by atoms with Crippen LogP contribution in [0.3, 0.4) is 0 Å². The molecule has 2 nitrogen and oxygen atoms in total. The standard InChI is InChI=1S/2C25H25N/c1-16-14-19-23-20(15-16)25(4,5)18-11-7-9-13-22(18)26(23)21-12-8-6-10-17(21)24(19,2)3;1-16-14-15-19-23-22(16)25(4,5)18-11-7-9-13-21(18)26(23)20-12-8-6-10-17(20)24(19,2)3/h2*6-15H,1-5H3. The average Bonchev–Trinajstić information content (AvgIpc) is 3.12. The molecule has 0 unspecified atom stereocenters. The van der Waals surface area contributed by atoms with Crippen LogP contribution in [0.25, 0.3) is 0 Å². The van der Waals surface area contributed by atoms with E-state index in [9.17, 15) is 0 Å². The van der Waals surface area contributed by atoms with Gasteiger partial charge < -0.3 is 9.80 Å². The summed E-state index contributed by atoms with van der Waals surface area (Å²) >= 11 is 0. The van der Waals surface area contributed by atoms with Crippen molar-refractivity contribution in [3.63, 3.8) is 0 Å². The van der Waals surface area contributed by atoms with Crippen LogP contribution in [0.5, 0.6) is 0 Å². The molecule has 0 N–H and O–H groups in total. The van der Waals surface area contributed by atoms with Gasteiger partial charge in [-0.2, -0.15) is 0 Å². The fourth-order valence-corrected chi connectivity index (χ4v) is 10.3. The summed E-state index contributed by atoms with van der Waals surface area (Å²) in [7, 11) is 0. The third-order valence-corrected chi connectivity index (χ3v) is 13.0. The maximum atomic E-state index is 2.51. The summed E-state index contributed by atoms with van der Waals surface area (Å²) in [5.41, 5.74) is 22.1. The van der Waals surface area contributed by atoms with Crippen LogP contribution in [-0.2, 0) is 21.7 Å². The van der Waals surface area contributed by atoms with Gasteiger partial charge in [0.2, 0.25) is 0 Å². The number of nitrogens with zero attached hydrogens (tertiary/aromatic N) is 2. The Morgan fingerprint density at radius 3 is 1.12 bits per heavy atom. The second kappa shape index (κ2) is 10.7. The summed E-state index contributed by atoms with van der Waals surface area (Å²) in [5.74, 6) is 0. The van der Waals surface area contributed by atoms with Crippen LogP contribution in [-0.4, -0.2) is 0 Å². The first-order valence-electron chi connectivity index (χ1n) is 19.0. The van der Waals surface area contributed by atoms with E-state index in [2.05, 4.69) is 200 Å². The lowest BCUT2D eigenvalue weighted by molar-refractivity contribution is 0.594. The minimum atomic E-state index is -0.00904. The highest BCUT2D eigenvalue weighted by Crippen LogP contribution is 2.62. The van der Waals surface area contributed by atoms with Gasteiger partial charge in [0.1, 0.15) is 0 Å². The number of para-hydroxylation sites is 4. The maximum Gasteiger partial charge on any atom is 0.0546 e. The van der Waals surface area contributed by atoms with Crippen LogP contribution in [0, 0.1) is 13.8 Å². The van der Waals surface area contributed by atoms with Crippen LogP contribution >= 0.6 is 0 Å². The van der Waals surface area contributed by atoms with Crippen LogP contribution in [0.4, 0.5) is 34.1 Å². The highest BCUT2D eigenvalue weighted by atomic mass is 15.2. The Labute approximate surface area is 310 Å². The van der Waals surface area contributed by atoms with Crippen molar-refractivity contribution >= 4 is 34.1 Å². The molecule has 10 rings (SSSR count). The van der Waals surface area contributed by atoms with Crippen LogP contribution in [0.2, 0.25) is 0 Å². The van der Waals surface area contributed by atoms with E-state index in [1.807, 2.05) is 0 Å². The Bertz CT molecular complexity index is 2360. The molecule has 4 heterocycles. The summed E-state index contributed by atoms with van der Waals surface area (Å²) in [6.07, 6.45) is 0. The summed E-state index contributed by atoms with van der Waals surface area (Å²) < 4.78 is 0. The van der Waals surface area contributed by atoms with E-state index in [1.54, 1.807) is 0 Å². The highest BCUT2D eigenvalue weighted by Gasteiger charge is 2.47. The van der Waals surface area contributed by atoms with Crippen molar-refractivity contribution in [3.8, 4) is 0 Å². The third-order valence-electron chi connectivity index (χ3n) is 13.0. The van der Waals surface area contributed by atoms with Crippen molar-refractivity contribution in [2.45, 2.75) is 90.9 Å². The van der Waals surface area contributed by atoms with Gasteiger partial charge in [0, 0.05) is 21.7 Å². The molecule has 0 amide bonds. The van der Waals surface area contributed by atoms with Gasteiger partial charge in [-0.05, 0) is 88.2 Å². The van der Waals surface area contributed by atoms with Crippen LogP contribution < -0.4 is 9.80 Å². The van der Waals surface area contributed by atoms with Crippen molar-refractivity contribution in [1.29, 1.82) is 0 Å². The minimum Gasteiger partial charge on any atom is -0.309 e. The van der Waals surface area contributed by atoms with Crippen LogP contribution in [0.1, 0.15) is 111 Å². The average molecular weight is 679 g/mol. The van der Waals surface area contributed by atoms with E-state index < -0.39 is 0 Å². The van der Waals surface area contributed by atoms with E-state index in [4.69, 9.17) is 0 Å². The molecule has 260 valence electrons. The second-order valence-corrected chi connectivity index (χ2v) is 17.6. The molecule has 4 aliphatic heterocycles. The molecule has 0 radical (unpaired) electrons. The number of anilines is 6. The first kappa shape index (κ1) is 32.8. The molecule has 0 atom stereocenters. The van der Waals surface area contributed by atoms with Crippen molar-refractivity contribution in [3.05, 3.63) is 177 Å². The lowest BCUT2D eigenvalue weighted by Gasteiger charge is -2.50. The largest absolute Gasteiger partial charge is 0.309 e. The maximum absolute atomic E-state index is 2.51. The van der Waals surface area contributed by atoms with Gasteiger partial charge in [0.05, 0.1) is 34.1 Å². The predicted molar refractivity (Wildman–Crippen MR) is 220 cm³/mol. The zero-order chi connectivity index (χ0) is 36.5. The number of benzene rings is 6. The zero-order valence-corrected chi connectivity index (χ0v) is 32.4. The molecule has 2 heteroatoms. The third kappa shape index (κ3) is 4.18. The number of fused-ring (bicyclic) bond motifs is 8. The molecule has 52 heavy (non-hydrogen) atoms. The van der Waals surface area contributed by atoms with Gasteiger partial charge >= 0.3 is 0 Å². The molecular formula is C50H50N2. The molecule has 0 saturated heterocycles. The van der Waals surface area contributed by atoms with Gasteiger partial charge in [-0.3, -0.25) is 0 Å². The molecule has 0 fully saturated rings. The quantitative estimate of drug-likeness (QED) is 0.158. The van der Waals surface area contributed by atoms with Gasteiger partial charge in [-0.15, -0.1) is 0 Å². The molecule has 0 spiro atoms. The van der Waals surface area contributed by atoms with Gasteiger partial charge in [-0.25, -0.2) is 0 Å². The molecule has 4 aliphatic rings. The first-order valence-corrected chi connectivity index (χ1v) is 19.0. The Balaban J connectivity index is 0.000000138. The number of rotatable bonds is 0. The lowest BCUT2D eigenvalue weighted by Crippen LogP contribution is -2.38. The second-order valence-electron chi connectivity index (χ2n) is 17.6. The molecule has 0 saturated carbocycles. The Hall–Kier alpha value is -5.08. The topological polar surface area (TPSA) is 6.48 Å². The van der Waals surface area contributed by atoms with E-state index in [-0.39, 0.29) is 21.7 Å². The van der Waals surface area contributed by atoms with E-state index in [1.165, 1.54) is 89.8 Å². The van der Waals surface area contributed by atoms with E-state index in [0.717, 1.165) is 0 Å². The molecule has 6 aromatic rings. The van der Waals surface area contributed by atoms with Crippen molar-refractivity contribution in [1.82, 2.24) is 0 Å². The van der Waals surface area contributed by atoms with E-state index in [0.29, 0.717) is 0 Å². The van der Waals surface area contributed by atoms with Crippen molar-refractivity contribution in [2.75, 3.05) is 9.80 Å². The summed E-state index contributed by atoms with van der Waals surface area (Å²) in [4.78, 5) is 5.02. The molecular weight excluding hydrogens is 629 g/mol. The zero-order valence-electron chi connectivity index (χ0n) is 32.4. The summed E-state index contributed by atoms with van der Waals surface area (Å²) in [5, 5.41) is 0. The van der Waals surface area contributed by atoms with Crippen LogP contribution in [0.15, 0.2) is 121 Å². The lowest BCUT2D eigenvalue weighted by atomic mass is 9.65. The molecule has 0 bridgehead atoms. The monoisotopic (exact) mass is 678 g/mol. The minimum absolute atomic E-state index is 0.00671. The van der Waals surface area contributed by atoms with Crippen molar-refractivity contribution < 1.29 is 0 Å². The highest BCUT2D eigenvalue weighted by molar-refractivity contribution is 5.94. The molecule has 0 aromatic heterocycles. The van der Waals surface area contributed by atoms with Crippen molar-refractivity contribution in [2.24, 2.45) is 0 Å². The summed E-state index contributed by atoms with van der Waals surface area (Å²) in [6, 6.07) is 45.1. The molecule has 0 aliphatic carbocycles. The Morgan fingerprint density at radius 1 is 0.346 bits per heavy atom. The predicted octanol–water partition coefficient (Wildman–Crippen LogP) is 13.5. The first-order chi connectivity index (χ1) is 24.7. The smallest absolute Gasteiger partial charge is 0.0546 e. The number of hydrogen-bond donors (Lipinski definition) is 0. The molecule has 6 aromatic carbocycles. The Kier molecular flexibility index (Phi) is 6.77. The van der Waals surface area contributed by atoms with Gasteiger partial charge in [0.15, 0.2) is 0 Å². The summed E-state index contributed by atoms with van der Waals surface area (Å²) in [6.45, 7) is 23.4. The van der Waals surface area contributed by atoms with E-state index >= 15 is 0 Å². The SMILES string of the molecule is Cc1cc2c3c(c1)C(C)(C)c1ccccc1N3c1ccccc1C2(C)C.Cc1ccc2c3c1C(C)(C)c1ccccc1N3c1ccccc1C2(C)C. The van der Waals surface area contributed by atoms with Gasteiger partial charge in [0.25, 0.3) is 0 Å². The normalized spacial score (nSPS) is 18.0. The fraction of sp³-hybridized carbons (Fsp3) is 0.280. The number of aryl methyl sites for hydroxylation is 2. The Morgan fingerprint density at radius 2 is 0.692 bits per heavy atom.